The van der Waals surface area contributed by atoms with Crippen molar-refractivity contribution < 1.29 is 4.79 Å². The maximum absolute atomic E-state index is 10.9. The molecule has 12 heavy (non-hydrogen) atoms. The maximum Gasteiger partial charge on any atom is 0.266 e. The summed E-state index contributed by atoms with van der Waals surface area (Å²) in [6.07, 6.45) is 1.73. The second-order valence-corrected chi connectivity index (χ2v) is 3.35. The molecule has 0 aliphatic carbocycles. The van der Waals surface area contributed by atoms with Gasteiger partial charge in [0.05, 0.1) is 6.20 Å². The van der Waals surface area contributed by atoms with E-state index in [2.05, 4.69) is 4.98 Å². The van der Waals surface area contributed by atoms with Crippen molar-refractivity contribution in [1.29, 1.82) is 0 Å². The molecule has 2 rings (SSSR count). The van der Waals surface area contributed by atoms with E-state index in [0.717, 1.165) is 10.7 Å². The highest BCUT2D eigenvalue weighted by Gasteiger charge is 2.10. The molecule has 2 aromatic heterocycles. The molecule has 0 aliphatic rings. The Bertz CT molecular complexity index is 442. The highest BCUT2D eigenvalue weighted by molar-refractivity contribution is 7.15. The lowest BCUT2D eigenvalue weighted by Crippen LogP contribution is -2.13. The number of rotatable bonds is 1. The fraction of sp³-hybridized carbons (Fsp3) is 0.143. The first-order valence-corrected chi connectivity index (χ1v) is 4.29. The third kappa shape index (κ3) is 0.831. The van der Waals surface area contributed by atoms with Gasteiger partial charge in [-0.05, 0) is 6.92 Å². The van der Waals surface area contributed by atoms with Gasteiger partial charge in [0.15, 0.2) is 0 Å². The number of primary amides is 1. The minimum atomic E-state index is -0.414. The quantitative estimate of drug-likeness (QED) is 0.707. The number of imidazole rings is 1. The Morgan fingerprint density at radius 2 is 2.50 bits per heavy atom. The average Bonchev–Trinajstić information content (AvgIpc) is 2.53. The number of aromatic nitrogens is 2. The normalized spacial score (nSPS) is 10.8. The summed E-state index contributed by atoms with van der Waals surface area (Å²) < 4.78 is 1.76. The minimum Gasteiger partial charge on any atom is -0.364 e. The number of carbonyl (C=O) groups excluding carboxylic acids is 1. The summed E-state index contributed by atoms with van der Waals surface area (Å²) in [4.78, 5) is 15.9. The Balaban J connectivity index is 2.83. The van der Waals surface area contributed by atoms with Gasteiger partial charge < -0.3 is 5.73 Å². The lowest BCUT2D eigenvalue weighted by molar-refractivity contribution is 0.0994. The van der Waals surface area contributed by atoms with Crippen LogP contribution in [0.25, 0.3) is 4.83 Å². The van der Waals surface area contributed by atoms with Gasteiger partial charge in [0.1, 0.15) is 16.3 Å². The van der Waals surface area contributed by atoms with E-state index in [0.29, 0.717) is 5.69 Å². The van der Waals surface area contributed by atoms with E-state index in [1.165, 1.54) is 11.3 Å². The summed E-state index contributed by atoms with van der Waals surface area (Å²) in [5.41, 5.74) is 5.68. The van der Waals surface area contributed by atoms with E-state index in [9.17, 15) is 4.79 Å². The molecule has 0 unspecified atom stereocenters. The monoisotopic (exact) mass is 181 g/mol. The maximum atomic E-state index is 10.9. The zero-order chi connectivity index (χ0) is 8.72. The topological polar surface area (TPSA) is 60.4 Å². The van der Waals surface area contributed by atoms with Crippen LogP contribution in [-0.4, -0.2) is 15.3 Å². The van der Waals surface area contributed by atoms with Gasteiger partial charge in [-0.15, -0.1) is 11.3 Å². The van der Waals surface area contributed by atoms with Crippen molar-refractivity contribution in [3.05, 3.63) is 23.1 Å². The van der Waals surface area contributed by atoms with Crippen molar-refractivity contribution in [1.82, 2.24) is 9.38 Å². The van der Waals surface area contributed by atoms with Gasteiger partial charge in [0.2, 0.25) is 0 Å². The number of hydrogen-bond acceptors (Lipinski definition) is 3. The Morgan fingerprint density at radius 1 is 1.75 bits per heavy atom. The number of fused-ring (bicyclic) bond motifs is 1. The Morgan fingerprint density at radius 3 is 3.17 bits per heavy atom. The van der Waals surface area contributed by atoms with Gasteiger partial charge >= 0.3 is 0 Å². The molecule has 62 valence electrons. The van der Waals surface area contributed by atoms with Crippen LogP contribution >= 0.6 is 11.3 Å². The Hall–Kier alpha value is -1.36. The first kappa shape index (κ1) is 7.30. The number of nitrogens with zero attached hydrogens (tertiary/aromatic N) is 2. The van der Waals surface area contributed by atoms with Gasteiger partial charge in [-0.25, -0.2) is 4.98 Å². The summed E-state index contributed by atoms with van der Waals surface area (Å²) >= 11 is 1.46. The van der Waals surface area contributed by atoms with E-state index in [4.69, 9.17) is 5.73 Å². The number of hydrogen-bond donors (Lipinski definition) is 1. The third-order valence-electron chi connectivity index (χ3n) is 1.69. The van der Waals surface area contributed by atoms with Crippen LogP contribution in [0.5, 0.6) is 0 Å². The number of aryl methyl sites for hydroxylation is 1. The van der Waals surface area contributed by atoms with Gasteiger partial charge in [0.25, 0.3) is 5.91 Å². The molecular formula is C7H7N3OS. The van der Waals surface area contributed by atoms with Crippen molar-refractivity contribution in [2.75, 3.05) is 0 Å². The van der Waals surface area contributed by atoms with Crippen LogP contribution in [0.3, 0.4) is 0 Å². The minimum absolute atomic E-state index is 0.414. The summed E-state index contributed by atoms with van der Waals surface area (Å²) in [7, 11) is 0. The highest BCUT2D eigenvalue weighted by Crippen LogP contribution is 2.17. The predicted octanol–water partition coefficient (Wildman–Crippen LogP) is 0.803. The zero-order valence-electron chi connectivity index (χ0n) is 6.44. The standard InChI is InChI=1S/C7H7N3OS/c1-4-9-2-6-10(4)5(3-12-6)7(8)11/h2-3H,1H3,(H2,8,11). The molecule has 0 aliphatic heterocycles. The average molecular weight is 181 g/mol. The second-order valence-electron chi connectivity index (χ2n) is 2.46. The summed E-state index contributed by atoms with van der Waals surface area (Å²) in [6, 6.07) is 0. The predicted molar refractivity (Wildman–Crippen MR) is 46.3 cm³/mol. The van der Waals surface area contributed by atoms with Crippen LogP contribution in [0.2, 0.25) is 0 Å². The molecule has 0 saturated carbocycles. The molecule has 0 aromatic carbocycles. The van der Waals surface area contributed by atoms with Crippen LogP contribution in [-0.2, 0) is 0 Å². The number of nitrogens with two attached hydrogens (primary N) is 1. The molecule has 5 heteroatoms. The molecule has 0 spiro atoms. The molecule has 0 radical (unpaired) electrons. The SMILES string of the molecule is Cc1ncc2scc(C(N)=O)n12. The fourth-order valence-corrected chi connectivity index (χ4v) is 2.04. The first-order chi connectivity index (χ1) is 5.70. The van der Waals surface area contributed by atoms with Crippen molar-refractivity contribution in [3.8, 4) is 0 Å². The van der Waals surface area contributed by atoms with Crippen molar-refractivity contribution in [2.24, 2.45) is 5.73 Å². The number of thiazole rings is 1. The lowest BCUT2D eigenvalue weighted by atomic mass is 10.4. The molecule has 4 nitrogen and oxygen atoms in total. The van der Waals surface area contributed by atoms with Gasteiger partial charge in [-0.1, -0.05) is 0 Å². The van der Waals surface area contributed by atoms with E-state index in [1.54, 1.807) is 16.0 Å². The van der Waals surface area contributed by atoms with E-state index in [1.807, 2.05) is 6.92 Å². The van der Waals surface area contributed by atoms with Crippen LogP contribution in [0, 0.1) is 6.92 Å². The molecule has 0 fully saturated rings. The third-order valence-corrected chi connectivity index (χ3v) is 2.56. The zero-order valence-corrected chi connectivity index (χ0v) is 7.26. The highest BCUT2D eigenvalue weighted by atomic mass is 32.1. The Labute approximate surface area is 72.6 Å². The summed E-state index contributed by atoms with van der Waals surface area (Å²) in [5, 5.41) is 1.74. The number of carbonyl (C=O) groups is 1. The van der Waals surface area contributed by atoms with Crippen molar-refractivity contribution in [2.45, 2.75) is 6.92 Å². The first-order valence-electron chi connectivity index (χ1n) is 3.41. The van der Waals surface area contributed by atoms with Crippen molar-refractivity contribution >= 4 is 22.1 Å². The molecule has 0 saturated heterocycles. The molecule has 0 bridgehead atoms. The van der Waals surface area contributed by atoms with E-state index >= 15 is 0 Å². The van der Waals surface area contributed by atoms with E-state index in [-0.39, 0.29) is 0 Å². The van der Waals surface area contributed by atoms with Crippen LogP contribution in [0.4, 0.5) is 0 Å². The van der Waals surface area contributed by atoms with Gasteiger partial charge in [-0.2, -0.15) is 0 Å². The smallest absolute Gasteiger partial charge is 0.266 e. The fourth-order valence-electron chi connectivity index (χ4n) is 1.14. The van der Waals surface area contributed by atoms with Crippen LogP contribution in [0.1, 0.15) is 16.3 Å². The molecule has 1 amide bonds. The molecule has 2 aromatic rings. The second kappa shape index (κ2) is 2.31. The van der Waals surface area contributed by atoms with Gasteiger partial charge in [-0.3, -0.25) is 9.20 Å². The lowest BCUT2D eigenvalue weighted by Gasteiger charge is -1.93. The molecule has 2 N–H and O–H groups in total. The molecule has 2 heterocycles. The van der Waals surface area contributed by atoms with Crippen molar-refractivity contribution in [3.63, 3.8) is 0 Å². The molecule has 0 atom stereocenters. The number of amides is 1. The van der Waals surface area contributed by atoms with Crippen LogP contribution in [0.15, 0.2) is 11.6 Å². The molecular weight excluding hydrogens is 174 g/mol. The largest absolute Gasteiger partial charge is 0.364 e. The van der Waals surface area contributed by atoms with E-state index < -0.39 is 5.91 Å². The summed E-state index contributed by atoms with van der Waals surface area (Å²) in [6.45, 7) is 1.84. The Kier molecular flexibility index (Phi) is 1.41. The van der Waals surface area contributed by atoms with Crippen LogP contribution < -0.4 is 5.73 Å². The summed E-state index contributed by atoms with van der Waals surface area (Å²) in [5.74, 6) is 0.377. The van der Waals surface area contributed by atoms with Gasteiger partial charge in [0, 0.05) is 5.38 Å².